The molecule has 0 saturated carbocycles. The Morgan fingerprint density at radius 1 is 1.05 bits per heavy atom. The van der Waals surface area contributed by atoms with Gasteiger partial charge in [-0.3, -0.25) is 0 Å². The van der Waals surface area contributed by atoms with Gasteiger partial charge >= 0.3 is 30.0 Å². The standard InChI is InChI=1S/C8H7F7O2.C3H4O2/c1-4(5(16)17)2-3-6(9,10)7(11,12)8(13,14)15;1-2-3(4)5/h2H,3H2,1H3,(H,16,17);2H,1H2,(H,4,5). The maximum atomic E-state index is 12.6. The number of aliphatic carboxylic acids is 2. The topological polar surface area (TPSA) is 74.6 Å². The first-order valence-electron chi connectivity index (χ1n) is 5.18. The summed E-state index contributed by atoms with van der Waals surface area (Å²) in [5.41, 5.74) is -0.748. The lowest BCUT2D eigenvalue weighted by molar-refractivity contribution is -0.353. The number of rotatable bonds is 5. The van der Waals surface area contributed by atoms with Crippen LogP contribution in [-0.2, 0) is 9.59 Å². The molecule has 4 nitrogen and oxygen atoms in total. The van der Waals surface area contributed by atoms with Crippen LogP contribution in [0.15, 0.2) is 24.3 Å². The number of hydrogen-bond acceptors (Lipinski definition) is 2. The van der Waals surface area contributed by atoms with Crippen molar-refractivity contribution in [2.45, 2.75) is 31.4 Å². The van der Waals surface area contributed by atoms with Crippen LogP contribution in [0.4, 0.5) is 30.7 Å². The first-order valence-corrected chi connectivity index (χ1v) is 5.18. The molecule has 0 unspecified atom stereocenters. The van der Waals surface area contributed by atoms with Crippen molar-refractivity contribution in [2.75, 3.05) is 0 Å². The van der Waals surface area contributed by atoms with Gasteiger partial charge in [0.2, 0.25) is 0 Å². The number of carbonyl (C=O) groups is 2. The van der Waals surface area contributed by atoms with Gasteiger partial charge in [0.1, 0.15) is 0 Å². The minimum atomic E-state index is -6.40. The molecular formula is C11H11F7O4. The van der Waals surface area contributed by atoms with Crippen LogP contribution in [0.5, 0.6) is 0 Å². The third-order valence-corrected chi connectivity index (χ3v) is 1.99. The maximum Gasteiger partial charge on any atom is 0.459 e. The number of carboxylic acids is 2. The molecule has 0 aromatic carbocycles. The quantitative estimate of drug-likeness (QED) is 0.593. The van der Waals surface area contributed by atoms with Gasteiger partial charge in [0, 0.05) is 18.1 Å². The lowest BCUT2D eigenvalue weighted by Gasteiger charge is -2.27. The Kier molecular flexibility index (Phi) is 7.88. The largest absolute Gasteiger partial charge is 0.478 e. The van der Waals surface area contributed by atoms with E-state index in [2.05, 4.69) is 6.58 Å². The average molecular weight is 340 g/mol. The molecule has 0 rings (SSSR count). The highest BCUT2D eigenvalue weighted by Gasteiger charge is 2.72. The van der Waals surface area contributed by atoms with Gasteiger partial charge < -0.3 is 10.2 Å². The van der Waals surface area contributed by atoms with Crippen molar-refractivity contribution in [1.82, 2.24) is 0 Å². The molecule has 0 saturated heterocycles. The molecular weight excluding hydrogens is 329 g/mol. The molecule has 0 aliphatic carbocycles. The highest BCUT2D eigenvalue weighted by Crippen LogP contribution is 2.48. The predicted octanol–water partition coefficient (Wildman–Crippen LogP) is 3.50. The van der Waals surface area contributed by atoms with Crippen molar-refractivity contribution >= 4 is 11.9 Å². The summed E-state index contributed by atoms with van der Waals surface area (Å²) in [6.45, 7) is 3.76. The smallest absolute Gasteiger partial charge is 0.459 e. The predicted molar refractivity (Wildman–Crippen MR) is 59.8 cm³/mol. The SMILES string of the molecule is C=CC(=O)O.CC(=CCC(F)(F)C(F)(F)C(F)(F)F)C(=O)O. The van der Waals surface area contributed by atoms with E-state index in [1.54, 1.807) is 0 Å². The van der Waals surface area contributed by atoms with Gasteiger partial charge in [-0.2, -0.15) is 30.7 Å². The van der Waals surface area contributed by atoms with Crippen molar-refractivity contribution < 1.29 is 50.5 Å². The van der Waals surface area contributed by atoms with Gasteiger partial charge in [-0.25, -0.2) is 9.59 Å². The summed E-state index contributed by atoms with van der Waals surface area (Å²) in [4.78, 5) is 19.4. The van der Waals surface area contributed by atoms with Crippen molar-refractivity contribution in [3.05, 3.63) is 24.3 Å². The van der Waals surface area contributed by atoms with Gasteiger partial charge in [0.15, 0.2) is 0 Å². The number of allylic oxidation sites excluding steroid dienone is 1. The Bertz CT molecular complexity index is 452. The molecule has 128 valence electrons. The number of halogens is 7. The van der Waals surface area contributed by atoms with Gasteiger partial charge in [-0.1, -0.05) is 12.7 Å². The molecule has 0 spiro atoms. The van der Waals surface area contributed by atoms with E-state index >= 15 is 0 Å². The number of hydrogen-bond donors (Lipinski definition) is 2. The molecule has 0 fully saturated rings. The van der Waals surface area contributed by atoms with E-state index in [9.17, 15) is 40.3 Å². The van der Waals surface area contributed by atoms with E-state index in [4.69, 9.17) is 10.2 Å². The molecule has 0 radical (unpaired) electrons. The first kappa shape index (κ1) is 22.2. The molecule has 22 heavy (non-hydrogen) atoms. The fourth-order valence-electron chi connectivity index (χ4n) is 0.704. The van der Waals surface area contributed by atoms with Crippen molar-refractivity contribution in [2.24, 2.45) is 0 Å². The first-order chi connectivity index (χ1) is 9.60. The third-order valence-electron chi connectivity index (χ3n) is 1.99. The molecule has 0 aliphatic rings. The minimum Gasteiger partial charge on any atom is -0.478 e. The number of carboxylic acid groups (broad SMARTS) is 2. The van der Waals surface area contributed by atoms with Crippen LogP contribution in [-0.4, -0.2) is 40.2 Å². The summed E-state index contributed by atoms with van der Waals surface area (Å²) in [6, 6.07) is 0. The molecule has 0 aliphatic heterocycles. The highest BCUT2D eigenvalue weighted by molar-refractivity contribution is 5.85. The maximum absolute atomic E-state index is 12.6. The fraction of sp³-hybridized carbons (Fsp3) is 0.455. The lowest BCUT2D eigenvalue weighted by atomic mass is 10.1. The second-order valence-electron chi connectivity index (χ2n) is 3.72. The second-order valence-corrected chi connectivity index (χ2v) is 3.72. The fourth-order valence-corrected chi connectivity index (χ4v) is 0.704. The molecule has 11 heteroatoms. The lowest BCUT2D eigenvalue weighted by Crippen LogP contribution is -2.51. The van der Waals surface area contributed by atoms with E-state index in [1.807, 2.05) is 0 Å². The number of alkyl halides is 7. The Morgan fingerprint density at radius 2 is 1.41 bits per heavy atom. The zero-order valence-corrected chi connectivity index (χ0v) is 10.9. The monoisotopic (exact) mass is 340 g/mol. The molecule has 0 aromatic heterocycles. The van der Waals surface area contributed by atoms with Gasteiger partial charge in [-0.05, 0) is 6.92 Å². The molecule has 2 N–H and O–H groups in total. The molecule has 0 atom stereocenters. The van der Waals surface area contributed by atoms with E-state index in [0.29, 0.717) is 0 Å². The van der Waals surface area contributed by atoms with Crippen LogP contribution >= 0.6 is 0 Å². The summed E-state index contributed by atoms with van der Waals surface area (Å²) in [5, 5.41) is 15.8. The van der Waals surface area contributed by atoms with E-state index in [-0.39, 0.29) is 6.08 Å². The molecule has 0 bridgehead atoms. The summed E-state index contributed by atoms with van der Waals surface area (Å²) in [7, 11) is 0. The highest BCUT2D eigenvalue weighted by atomic mass is 19.4. The summed E-state index contributed by atoms with van der Waals surface area (Å²) in [5.74, 6) is -14.3. The Balaban J connectivity index is 0. The van der Waals surface area contributed by atoms with Crippen LogP contribution in [0.3, 0.4) is 0 Å². The zero-order valence-electron chi connectivity index (χ0n) is 10.9. The second kappa shape index (κ2) is 7.80. The van der Waals surface area contributed by atoms with Crippen molar-refractivity contribution in [1.29, 1.82) is 0 Å². The van der Waals surface area contributed by atoms with E-state index in [0.717, 1.165) is 13.0 Å². The van der Waals surface area contributed by atoms with Gasteiger partial charge in [-0.15, -0.1) is 0 Å². The Morgan fingerprint density at radius 3 is 1.64 bits per heavy atom. The van der Waals surface area contributed by atoms with Crippen LogP contribution in [0.2, 0.25) is 0 Å². The van der Waals surface area contributed by atoms with Crippen LogP contribution < -0.4 is 0 Å². The minimum absolute atomic E-state index is 0.113. The van der Waals surface area contributed by atoms with E-state index < -0.39 is 42.0 Å². The normalized spacial score (nSPS) is 13.0. The molecule has 0 aromatic rings. The molecule has 0 amide bonds. The van der Waals surface area contributed by atoms with Crippen LogP contribution in [0, 0.1) is 0 Å². The summed E-state index contributed by atoms with van der Waals surface area (Å²) < 4.78 is 84.8. The van der Waals surface area contributed by atoms with Crippen LogP contribution in [0.25, 0.3) is 0 Å². The average Bonchev–Trinajstić information content (AvgIpc) is 2.34. The van der Waals surface area contributed by atoms with Gasteiger partial charge in [0.05, 0.1) is 0 Å². The zero-order chi connectivity index (χ0) is 18.4. The van der Waals surface area contributed by atoms with Crippen molar-refractivity contribution in [3.8, 4) is 0 Å². The van der Waals surface area contributed by atoms with Gasteiger partial charge in [0.25, 0.3) is 0 Å². The third kappa shape index (κ3) is 6.59. The Labute approximate surface area is 119 Å². The Hall–Kier alpha value is -2.07. The summed E-state index contributed by atoms with van der Waals surface area (Å²) in [6.07, 6.45) is -7.47. The molecule has 0 heterocycles. The van der Waals surface area contributed by atoms with Crippen molar-refractivity contribution in [3.63, 3.8) is 0 Å². The summed E-state index contributed by atoms with van der Waals surface area (Å²) >= 11 is 0. The van der Waals surface area contributed by atoms with E-state index in [1.165, 1.54) is 0 Å². The van der Waals surface area contributed by atoms with Crippen LogP contribution in [0.1, 0.15) is 13.3 Å².